The second-order valence-electron chi connectivity index (χ2n) is 5.19. The van der Waals surface area contributed by atoms with Crippen molar-refractivity contribution in [2.75, 3.05) is 7.05 Å². The summed E-state index contributed by atoms with van der Waals surface area (Å²) in [4.78, 5) is 12.8. The zero-order valence-corrected chi connectivity index (χ0v) is 13.4. The van der Waals surface area contributed by atoms with Gasteiger partial charge >= 0.3 is 0 Å². The van der Waals surface area contributed by atoms with Crippen LogP contribution in [-0.2, 0) is 6.61 Å². The van der Waals surface area contributed by atoms with Crippen molar-refractivity contribution in [1.82, 2.24) is 9.97 Å². The van der Waals surface area contributed by atoms with E-state index >= 15 is 0 Å². The van der Waals surface area contributed by atoms with Crippen LogP contribution in [0, 0.1) is 0 Å². The molecule has 0 spiro atoms. The number of rotatable bonds is 5. The van der Waals surface area contributed by atoms with Gasteiger partial charge in [-0.15, -0.1) is 0 Å². The second kappa shape index (κ2) is 7.37. The average molecular weight is 318 g/mol. The number of pyridine rings is 2. The highest BCUT2D eigenvalue weighted by atomic mass is 16.5. The maximum Gasteiger partial charge on any atom is 0.214 e. The van der Waals surface area contributed by atoms with Crippen molar-refractivity contribution >= 4 is 22.6 Å². The third kappa shape index (κ3) is 3.41. The Bertz CT molecular complexity index is 888. The normalized spacial score (nSPS) is 12.0. The number of allylic oxidation sites excluding steroid dienone is 1. The van der Waals surface area contributed by atoms with Crippen LogP contribution in [0.25, 0.3) is 16.3 Å². The van der Waals surface area contributed by atoms with Crippen molar-refractivity contribution in [2.45, 2.75) is 6.61 Å². The highest BCUT2D eigenvalue weighted by Gasteiger charge is 2.08. The number of nitrogens with zero attached hydrogens (tertiary/aromatic N) is 3. The molecule has 0 atom stereocenters. The van der Waals surface area contributed by atoms with Crippen molar-refractivity contribution in [2.24, 2.45) is 10.7 Å². The van der Waals surface area contributed by atoms with E-state index in [1.807, 2.05) is 42.5 Å². The molecule has 0 radical (unpaired) electrons. The fraction of sp³-hybridized carbons (Fsp3) is 0.105. The van der Waals surface area contributed by atoms with Gasteiger partial charge < -0.3 is 10.5 Å². The van der Waals surface area contributed by atoms with E-state index < -0.39 is 0 Å². The summed E-state index contributed by atoms with van der Waals surface area (Å²) in [6, 6.07) is 13.8. The molecule has 0 amide bonds. The van der Waals surface area contributed by atoms with Gasteiger partial charge in [-0.1, -0.05) is 30.3 Å². The van der Waals surface area contributed by atoms with Crippen LogP contribution in [0.1, 0.15) is 11.3 Å². The van der Waals surface area contributed by atoms with E-state index in [1.165, 1.54) is 6.20 Å². The fourth-order valence-corrected chi connectivity index (χ4v) is 2.41. The third-order valence-electron chi connectivity index (χ3n) is 3.57. The summed E-state index contributed by atoms with van der Waals surface area (Å²) in [5.41, 5.74) is 8.31. The van der Waals surface area contributed by atoms with E-state index in [4.69, 9.17) is 10.5 Å². The van der Waals surface area contributed by atoms with Gasteiger partial charge in [-0.2, -0.15) is 0 Å². The Kier molecular flexibility index (Phi) is 4.81. The van der Waals surface area contributed by atoms with Gasteiger partial charge in [0.25, 0.3) is 0 Å². The Morgan fingerprint density at radius 2 is 2.04 bits per heavy atom. The number of ether oxygens (including phenoxy) is 1. The summed E-state index contributed by atoms with van der Waals surface area (Å²) in [6.45, 7) is 0.463. The molecule has 0 aliphatic carbocycles. The van der Waals surface area contributed by atoms with Crippen molar-refractivity contribution in [1.29, 1.82) is 0 Å². The van der Waals surface area contributed by atoms with Crippen LogP contribution in [0.4, 0.5) is 0 Å². The smallest absolute Gasteiger partial charge is 0.214 e. The van der Waals surface area contributed by atoms with E-state index in [1.54, 1.807) is 25.7 Å². The summed E-state index contributed by atoms with van der Waals surface area (Å²) in [6.07, 6.45) is 6.70. The molecule has 1 aromatic carbocycles. The summed E-state index contributed by atoms with van der Waals surface area (Å²) in [7, 11) is 1.70. The standard InChI is InChI=1S/C19H18N4O/c1-21-11-16(10-20)19-17-9-18(23-12-15(17)7-8-22-19)24-13-14-5-3-2-4-6-14/h2-12H,13,20H2,1H3. The van der Waals surface area contributed by atoms with Crippen LogP contribution in [-0.4, -0.2) is 23.2 Å². The molecule has 3 rings (SSSR count). The predicted octanol–water partition coefficient (Wildman–Crippen LogP) is 3.21. The fourth-order valence-electron chi connectivity index (χ4n) is 2.41. The summed E-state index contributed by atoms with van der Waals surface area (Å²) in [5.74, 6) is 0.547. The van der Waals surface area contributed by atoms with E-state index in [2.05, 4.69) is 15.0 Å². The Hall–Kier alpha value is -3.21. The lowest BCUT2D eigenvalue weighted by Gasteiger charge is -2.09. The molecule has 2 heterocycles. The Labute approximate surface area is 140 Å². The molecule has 5 heteroatoms. The third-order valence-corrected chi connectivity index (χ3v) is 3.57. The van der Waals surface area contributed by atoms with E-state index in [0.717, 1.165) is 27.6 Å². The largest absolute Gasteiger partial charge is 0.473 e. The zero-order chi connectivity index (χ0) is 16.8. The molecule has 0 aliphatic heterocycles. The van der Waals surface area contributed by atoms with Gasteiger partial charge in [0.1, 0.15) is 6.61 Å². The molecule has 0 saturated heterocycles. The number of benzene rings is 1. The minimum absolute atomic E-state index is 0.463. The molecular formula is C19H18N4O. The minimum atomic E-state index is 0.463. The molecule has 0 bridgehead atoms. The SMILES string of the molecule is CN=CC(=CN)c1nccc2cnc(OCc3ccccc3)cc12. The Morgan fingerprint density at radius 1 is 1.21 bits per heavy atom. The van der Waals surface area contributed by atoms with Crippen molar-refractivity contribution < 1.29 is 4.74 Å². The molecule has 2 N–H and O–H groups in total. The van der Waals surface area contributed by atoms with Crippen LogP contribution >= 0.6 is 0 Å². The first kappa shape index (κ1) is 15.7. The molecule has 0 fully saturated rings. The number of hydrogen-bond acceptors (Lipinski definition) is 5. The first-order chi connectivity index (χ1) is 11.8. The lowest BCUT2D eigenvalue weighted by Crippen LogP contribution is -1.99. The molecule has 0 unspecified atom stereocenters. The number of hydrogen-bond donors (Lipinski definition) is 1. The lowest BCUT2D eigenvalue weighted by atomic mass is 10.1. The lowest BCUT2D eigenvalue weighted by molar-refractivity contribution is 0.294. The maximum absolute atomic E-state index is 5.81. The van der Waals surface area contributed by atoms with Gasteiger partial charge in [-0.05, 0) is 11.6 Å². The van der Waals surface area contributed by atoms with Crippen molar-refractivity contribution in [3.63, 3.8) is 0 Å². The van der Waals surface area contributed by atoms with Crippen LogP contribution in [0.5, 0.6) is 5.88 Å². The Morgan fingerprint density at radius 3 is 2.79 bits per heavy atom. The van der Waals surface area contributed by atoms with Gasteiger partial charge in [-0.25, -0.2) is 4.98 Å². The van der Waals surface area contributed by atoms with Crippen LogP contribution in [0.15, 0.2) is 66.1 Å². The first-order valence-corrected chi connectivity index (χ1v) is 7.57. The highest BCUT2D eigenvalue weighted by molar-refractivity contribution is 6.13. The molecule has 5 nitrogen and oxygen atoms in total. The van der Waals surface area contributed by atoms with Crippen LogP contribution in [0.3, 0.4) is 0 Å². The van der Waals surface area contributed by atoms with Crippen molar-refractivity contribution in [3.8, 4) is 5.88 Å². The molecular weight excluding hydrogens is 300 g/mol. The molecule has 3 aromatic rings. The summed E-state index contributed by atoms with van der Waals surface area (Å²) in [5, 5.41) is 1.89. The molecule has 24 heavy (non-hydrogen) atoms. The molecule has 0 saturated carbocycles. The molecule has 120 valence electrons. The maximum atomic E-state index is 5.81. The monoisotopic (exact) mass is 318 g/mol. The van der Waals surface area contributed by atoms with Crippen molar-refractivity contribution in [3.05, 3.63) is 72.3 Å². The van der Waals surface area contributed by atoms with E-state index in [9.17, 15) is 0 Å². The number of nitrogens with two attached hydrogens (primary N) is 1. The zero-order valence-electron chi connectivity index (χ0n) is 13.4. The van der Waals surface area contributed by atoms with Gasteiger partial charge in [0, 0.05) is 54.3 Å². The quantitative estimate of drug-likeness (QED) is 0.733. The Balaban J connectivity index is 1.94. The topological polar surface area (TPSA) is 73.4 Å². The minimum Gasteiger partial charge on any atom is -0.473 e. The predicted molar refractivity (Wildman–Crippen MR) is 96.9 cm³/mol. The number of fused-ring (bicyclic) bond motifs is 1. The van der Waals surface area contributed by atoms with Crippen LogP contribution < -0.4 is 10.5 Å². The second-order valence-corrected chi connectivity index (χ2v) is 5.19. The highest BCUT2D eigenvalue weighted by Crippen LogP contribution is 2.24. The van der Waals surface area contributed by atoms with E-state index in [0.29, 0.717) is 12.5 Å². The first-order valence-electron chi connectivity index (χ1n) is 7.57. The average Bonchev–Trinajstić information content (AvgIpc) is 2.65. The molecule has 0 aliphatic rings. The van der Waals surface area contributed by atoms with Crippen LogP contribution in [0.2, 0.25) is 0 Å². The molecule has 2 aromatic heterocycles. The summed E-state index contributed by atoms with van der Waals surface area (Å²) >= 11 is 0. The number of aliphatic imine (C=N–C) groups is 1. The van der Waals surface area contributed by atoms with Gasteiger partial charge in [0.05, 0.1) is 5.69 Å². The van der Waals surface area contributed by atoms with Gasteiger partial charge in [0.15, 0.2) is 0 Å². The van der Waals surface area contributed by atoms with E-state index in [-0.39, 0.29) is 0 Å². The summed E-state index contributed by atoms with van der Waals surface area (Å²) < 4.78 is 5.81. The van der Waals surface area contributed by atoms with Gasteiger partial charge in [0.2, 0.25) is 5.88 Å². The number of aromatic nitrogens is 2. The van der Waals surface area contributed by atoms with Gasteiger partial charge in [-0.3, -0.25) is 9.98 Å².